The largest absolute Gasteiger partial charge is 0.386 e. The second-order valence-electron chi connectivity index (χ2n) is 4.46. The number of hydrogen-bond acceptors (Lipinski definition) is 1. The first-order valence-corrected chi connectivity index (χ1v) is 4.90. The second kappa shape index (κ2) is 2.85. The number of aliphatic hydroxyl groups is 1. The summed E-state index contributed by atoms with van der Waals surface area (Å²) in [6, 6.07) is 8.36. The Bertz CT molecular complexity index is 288. The predicted molar refractivity (Wildman–Crippen MR) is 53.7 cm³/mol. The van der Waals surface area contributed by atoms with Crippen LogP contribution < -0.4 is 0 Å². The summed E-state index contributed by atoms with van der Waals surface area (Å²) in [5.41, 5.74) is 1.71. The van der Waals surface area contributed by atoms with Crippen molar-refractivity contribution in [1.82, 2.24) is 0 Å². The molecule has 1 aromatic rings. The van der Waals surface area contributed by atoms with Crippen LogP contribution in [0.25, 0.3) is 0 Å². The zero-order valence-electron chi connectivity index (χ0n) is 8.25. The third-order valence-electron chi connectivity index (χ3n) is 2.67. The van der Waals surface area contributed by atoms with Gasteiger partial charge in [-0.15, -0.1) is 0 Å². The molecular weight excluding hydrogens is 160 g/mol. The van der Waals surface area contributed by atoms with E-state index < -0.39 is 5.60 Å². The molecule has 0 spiro atoms. The van der Waals surface area contributed by atoms with Gasteiger partial charge in [0, 0.05) is 0 Å². The molecule has 0 atom stereocenters. The van der Waals surface area contributed by atoms with E-state index >= 15 is 0 Å². The zero-order chi connectivity index (χ0) is 9.47. The van der Waals surface area contributed by atoms with Crippen LogP contribution in [0.4, 0.5) is 0 Å². The van der Waals surface area contributed by atoms with Gasteiger partial charge in [0.2, 0.25) is 0 Å². The van der Waals surface area contributed by atoms with E-state index in [1.165, 1.54) is 18.4 Å². The van der Waals surface area contributed by atoms with Crippen molar-refractivity contribution < 1.29 is 5.11 Å². The van der Waals surface area contributed by atoms with E-state index in [0.717, 1.165) is 11.5 Å². The van der Waals surface area contributed by atoms with E-state index in [2.05, 4.69) is 12.1 Å². The Morgan fingerprint density at radius 2 is 1.69 bits per heavy atom. The van der Waals surface area contributed by atoms with Crippen LogP contribution in [0, 0.1) is 0 Å². The molecule has 1 fully saturated rings. The van der Waals surface area contributed by atoms with Crippen molar-refractivity contribution in [3.8, 4) is 0 Å². The lowest BCUT2D eigenvalue weighted by Crippen LogP contribution is -2.15. The molecule has 0 aliphatic heterocycles. The fourth-order valence-corrected chi connectivity index (χ4v) is 1.58. The van der Waals surface area contributed by atoms with E-state index in [1.807, 2.05) is 26.0 Å². The molecule has 1 aliphatic carbocycles. The van der Waals surface area contributed by atoms with E-state index in [0.29, 0.717) is 0 Å². The minimum absolute atomic E-state index is 0.706. The molecule has 2 rings (SSSR count). The molecular formula is C12H16O. The van der Waals surface area contributed by atoms with Gasteiger partial charge in [-0.3, -0.25) is 0 Å². The van der Waals surface area contributed by atoms with Crippen LogP contribution in [0.2, 0.25) is 0 Å². The van der Waals surface area contributed by atoms with Gasteiger partial charge in [0.1, 0.15) is 0 Å². The number of hydrogen-bond donors (Lipinski definition) is 1. The molecule has 13 heavy (non-hydrogen) atoms. The Hall–Kier alpha value is -0.820. The molecule has 1 nitrogen and oxygen atoms in total. The third-order valence-corrected chi connectivity index (χ3v) is 2.67. The van der Waals surface area contributed by atoms with Crippen LogP contribution in [0.5, 0.6) is 0 Å². The van der Waals surface area contributed by atoms with Crippen LogP contribution in [0.1, 0.15) is 43.7 Å². The summed E-state index contributed by atoms with van der Waals surface area (Å²) in [6.07, 6.45) is 2.67. The monoisotopic (exact) mass is 176 g/mol. The van der Waals surface area contributed by atoms with E-state index in [1.54, 1.807) is 0 Å². The van der Waals surface area contributed by atoms with Crippen molar-refractivity contribution in [2.24, 2.45) is 0 Å². The summed E-state index contributed by atoms with van der Waals surface area (Å²) in [6.45, 7) is 3.64. The van der Waals surface area contributed by atoms with Gasteiger partial charge < -0.3 is 5.11 Å². The first-order chi connectivity index (χ1) is 6.07. The Balaban J connectivity index is 2.22. The Labute approximate surface area is 79.4 Å². The highest BCUT2D eigenvalue weighted by Gasteiger charge is 2.24. The van der Waals surface area contributed by atoms with Crippen molar-refractivity contribution in [1.29, 1.82) is 0 Å². The summed E-state index contributed by atoms with van der Waals surface area (Å²) in [4.78, 5) is 0. The third kappa shape index (κ3) is 1.92. The molecule has 0 radical (unpaired) electrons. The highest BCUT2D eigenvalue weighted by molar-refractivity contribution is 5.30. The molecule has 0 bridgehead atoms. The first-order valence-electron chi connectivity index (χ1n) is 4.90. The fraction of sp³-hybridized carbons (Fsp3) is 0.500. The van der Waals surface area contributed by atoms with Crippen LogP contribution in [-0.2, 0) is 5.60 Å². The molecule has 1 aliphatic rings. The van der Waals surface area contributed by atoms with Crippen LogP contribution in [0.3, 0.4) is 0 Å². The second-order valence-corrected chi connectivity index (χ2v) is 4.46. The quantitative estimate of drug-likeness (QED) is 0.734. The average molecular weight is 176 g/mol. The normalized spacial score (nSPS) is 17.5. The van der Waals surface area contributed by atoms with Crippen LogP contribution in [-0.4, -0.2) is 5.11 Å². The highest BCUT2D eigenvalue weighted by Crippen LogP contribution is 2.40. The topological polar surface area (TPSA) is 20.2 Å². The molecule has 0 amide bonds. The van der Waals surface area contributed by atoms with E-state index in [-0.39, 0.29) is 0 Å². The van der Waals surface area contributed by atoms with Gasteiger partial charge in [0.25, 0.3) is 0 Å². The van der Waals surface area contributed by atoms with Crippen molar-refractivity contribution in [3.05, 3.63) is 35.4 Å². The molecule has 1 aromatic carbocycles. The summed E-state index contributed by atoms with van der Waals surface area (Å²) in [5.74, 6) is 0.802. The summed E-state index contributed by atoms with van der Waals surface area (Å²) >= 11 is 0. The number of benzene rings is 1. The SMILES string of the molecule is CC(C)(O)c1ccc(C2CC2)cc1. The molecule has 0 saturated heterocycles. The van der Waals surface area contributed by atoms with Gasteiger partial charge in [-0.2, -0.15) is 0 Å². The van der Waals surface area contributed by atoms with Crippen molar-refractivity contribution in [3.63, 3.8) is 0 Å². The maximum atomic E-state index is 9.73. The minimum Gasteiger partial charge on any atom is -0.386 e. The van der Waals surface area contributed by atoms with Gasteiger partial charge >= 0.3 is 0 Å². The fourth-order valence-electron chi connectivity index (χ4n) is 1.58. The number of rotatable bonds is 2. The lowest BCUT2D eigenvalue weighted by Gasteiger charge is -2.17. The Kier molecular flexibility index (Phi) is 1.92. The maximum absolute atomic E-state index is 9.73. The molecule has 0 aromatic heterocycles. The van der Waals surface area contributed by atoms with Crippen molar-refractivity contribution in [2.75, 3.05) is 0 Å². The lowest BCUT2D eigenvalue weighted by molar-refractivity contribution is 0.0786. The van der Waals surface area contributed by atoms with Gasteiger partial charge in [0.05, 0.1) is 5.60 Å². The Morgan fingerprint density at radius 3 is 2.08 bits per heavy atom. The summed E-state index contributed by atoms with van der Waals surface area (Å²) in [5, 5.41) is 9.73. The first kappa shape index (κ1) is 8.76. The maximum Gasteiger partial charge on any atom is 0.0840 e. The van der Waals surface area contributed by atoms with Crippen molar-refractivity contribution >= 4 is 0 Å². The standard InChI is InChI=1S/C12H16O/c1-12(2,13)11-7-5-10(6-8-11)9-3-4-9/h5-9,13H,3-4H2,1-2H3. The lowest BCUT2D eigenvalue weighted by atomic mass is 9.96. The minimum atomic E-state index is -0.706. The van der Waals surface area contributed by atoms with Crippen LogP contribution in [0.15, 0.2) is 24.3 Å². The van der Waals surface area contributed by atoms with Crippen LogP contribution >= 0.6 is 0 Å². The molecule has 0 unspecified atom stereocenters. The zero-order valence-corrected chi connectivity index (χ0v) is 8.25. The molecule has 70 valence electrons. The Morgan fingerprint density at radius 1 is 1.15 bits per heavy atom. The van der Waals surface area contributed by atoms with Crippen molar-refractivity contribution in [2.45, 2.75) is 38.2 Å². The van der Waals surface area contributed by atoms with E-state index in [9.17, 15) is 5.11 Å². The summed E-state index contributed by atoms with van der Waals surface area (Å²) < 4.78 is 0. The highest BCUT2D eigenvalue weighted by atomic mass is 16.3. The van der Waals surface area contributed by atoms with Gasteiger partial charge in [-0.05, 0) is 43.7 Å². The molecule has 1 N–H and O–H groups in total. The van der Waals surface area contributed by atoms with E-state index in [4.69, 9.17) is 0 Å². The average Bonchev–Trinajstić information content (AvgIpc) is 2.85. The predicted octanol–water partition coefficient (Wildman–Crippen LogP) is 2.79. The molecule has 1 heteroatoms. The van der Waals surface area contributed by atoms with Gasteiger partial charge in [-0.25, -0.2) is 0 Å². The van der Waals surface area contributed by atoms with Gasteiger partial charge in [-0.1, -0.05) is 24.3 Å². The summed E-state index contributed by atoms with van der Waals surface area (Å²) in [7, 11) is 0. The molecule has 0 heterocycles. The molecule has 1 saturated carbocycles. The smallest absolute Gasteiger partial charge is 0.0840 e. The van der Waals surface area contributed by atoms with Gasteiger partial charge in [0.15, 0.2) is 0 Å².